The number of nitrogens with zero attached hydrogens (tertiary/aromatic N) is 2. The molecule has 0 bridgehead atoms. The van der Waals surface area contributed by atoms with Gasteiger partial charge in [0.1, 0.15) is 18.1 Å². The zero-order valence-corrected chi connectivity index (χ0v) is 28.4. The highest BCUT2D eigenvalue weighted by atomic mass is 127. The number of hydrogen-bond acceptors (Lipinski definition) is 5. The minimum absolute atomic E-state index is 0.0311. The van der Waals surface area contributed by atoms with Crippen LogP contribution in [0.15, 0.2) is 106 Å². The fourth-order valence-corrected chi connectivity index (χ4v) is 8.94. The van der Waals surface area contributed by atoms with E-state index >= 15 is 0 Å². The van der Waals surface area contributed by atoms with Crippen LogP contribution < -0.4 is 24.4 Å². The van der Waals surface area contributed by atoms with Crippen molar-refractivity contribution >= 4 is 68.3 Å². The molecule has 5 nitrogen and oxygen atoms in total. The summed E-state index contributed by atoms with van der Waals surface area (Å²) in [4.78, 5) is 20.0. The van der Waals surface area contributed by atoms with Gasteiger partial charge in [-0.05, 0) is 116 Å². The van der Waals surface area contributed by atoms with Gasteiger partial charge in [-0.15, -0.1) is 0 Å². The van der Waals surface area contributed by atoms with Gasteiger partial charge < -0.3 is 9.47 Å². The van der Waals surface area contributed by atoms with Crippen LogP contribution in [-0.2, 0) is 13.0 Å². The van der Waals surface area contributed by atoms with Crippen LogP contribution >= 0.6 is 56.5 Å². The van der Waals surface area contributed by atoms with Gasteiger partial charge in [0.2, 0.25) is 0 Å². The topological polar surface area (TPSA) is 52.8 Å². The molecule has 2 aliphatic rings. The Kier molecular flexibility index (Phi) is 8.00. The minimum atomic E-state index is -0.245. The highest BCUT2D eigenvalue weighted by Gasteiger charge is 2.32. The standard InChI is InChI=1S/C35H26I2N2O3S/c1-41-25-12-7-11-24(19-25)32-27-15-14-23-10-5-6-13-26(23)31(27)38-35-39(32)34(40)30(43-35)18-22-16-28(36)33(29(37)17-22)42-20-21-8-3-2-4-9-21/h2-13,16-19,32H,14-15,20H2,1H3. The Bertz CT molecular complexity index is 2060. The Morgan fingerprint density at radius 2 is 1.72 bits per heavy atom. The molecule has 0 spiro atoms. The summed E-state index contributed by atoms with van der Waals surface area (Å²) in [5.74, 6) is 1.63. The fraction of sp³-hybridized carbons (Fsp3) is 0.143. The molecule has 1 unspecified atom stereocenters. The average molecular weight is 808 g/mol. The number of halogens is 2. The van der Waals surface area contributed by atoms with E-state index in [0.29, 0.717) is 15.9 Å². The fourth-order valence-electron chi connectivity index (χ4n) is 5.82. The lowest BCUT2D eigenvalue weighted by molar-refractivity contribution is 0.301. The normalized spacial score (nSPS) is 15.8. The van der Waals surface area contributed by atoms with Gasteiger partial charge >= 0.3 is 0 Å². The van der Waals surface area contributed by atoms with Crippen molar-refractivity contribution in [2.75, 3.05) is 7.11 Å². The van der Waals surface area contributed by atoms with Gasteiger partial charge in [-0.1, -0.05) is 78.1 Å². The first-order chi connectivity index (χ1) is 21.0. The molecule has 1 aliphatic heterocycles. The van der Waals surface area contributed by atoms with Crippen LogP contribution in [0.5, 0.6) is 11.5 Å². The molecule has 0 radical (unpaired) electrons. The van der Waals surface area contributed by atoms with E-state index < -0.39 is 0 Å². The van der Waals surface area contributed by atoms with E-state index in [-0.39, 0.29) is 11.6 Å². The van der Waals surface area contributed by atoms with Gasteiger partial charge in [-0.3, -0.25) is 9.36 Å². The summed E-state index contributed by atoms with van der Waals surface area (Å²) in [6.45, 7) is 0.503. The van der Waals surface area contributed by atoms with Crippen molar-refractivity contribution in [3.05, 3.63) is 151 Å². The van der Waals surface area contributed by atoms with Crippen molar-refractivity contribution < 1.29 is 9.47 Å². The Morgan fingerprint density at radius 3 is 2.51 bits per heavy atom. The number of hydrogen-bond donors (Lipinski definition) is 0. The molecule has 0 saturated carbocycles. The number of thiazole rings is 1. The van der Waals surface area contributed by atoms with Crippen LogP contribution in [0.25, 0.3) is 11.8 Å². The zero-order chi connectivity index (χ0) is 29.5. The number of allylic oxidation sites excluding steroid dienone is 1. The van der Waals surface area contributed by atoms with E-state index in [0.717, 1.165) is 59.4 Å². The predicted molar refractivity (Wildman–Crippen MR) is 188 cm³/mol. The van der Waals surface area contributed by atoms with E-state index in [1.807, 2.05) is 47.0 Å². The summed E-state index contributed by atoms with van der Waals surface area (Å²) in [7, 11) is 1.67. The molecular formula is C35H26I2N2O3S. The smallest absolute Gasteiger partial charge is 0.271 e. The predicted octanol–water partition coefficient (Wildman–Crippen LogP) is 7.12. The first-order valence-electron chi connectivity index (χ1n) is 13.9. The monoisotopic (exact) mass is 808 g/mol. The Hall–Kier alpha value is -3.22. The molecule has 0 saturated heterocycles. The molecule has 1 atom stereocenters. The molecule has 0 N–H and O–H groups in total. The molecule has 1 aliphatic carbocycles. The molecule has 43 heavy (non-hydrogen) atoms. The van der Waals surface area contributed by atoms with E-state index in [4.69, 9.17) is 14.5 Å². The van der Waals surface area contributed by atoms with Crippen LogP contribution in [0.2, 0.25) is 0 Å². The molecule has 1 aromatic heterocycles. The third-order valence-corrected chi connectivity index (χ3v) is 10.4. The maximum Gasteiger partial charge on any atom is 0.271 e. The molecule has 8 heteroatoms. The van der Waals surface area contributed by atoms with E-state index in [1.165, 1.54) is 22.5 Å². The highest BCUT2D eigenvalue weighted by Crippen LogP contribution is 2.41. The number of fused-ring (bicyclic) bond motifs is 3. The van der Waals surface area contributed by atoms with Gasteiger partial charge in [-0.25, -0.2) is 4.99 Å². The largest absolute Gasteiger partial charge is 0.497 e. The lowest BCUT2D eigenvalue weighted by Gasteiger charge is -2.31. The number of benzene rings is 4. The van der Waals surface area contributed by atoms with Crippen molar-refractivity contribution in [3.63, 3.8) is 0 Å². The van der Waals surface area contributed by atoms with Gasteiger partial charge in [-0.2, -0.15) is 0 Å². The molecule has 5 aromatic rings. The van der Waals surface area contributed by atoms with Crippen molar-refractivity contribution in [1.82, 2.24) is 4.57 Å². The summed E-state index contributed by atoms with van der Waals surface area (Å²) in [5, 5.41) is 0. The SMILES string of the molecule is COc1cccc(C2C3=C(N=c4sc(=Cc5cc(I)c(OCc6ccccc6)c(I)c5)c(=O)n42)c2ccccc2CC3)c1. The van der Waals surface area contributed by atoms with Crippen LogP contribution in [0, 0.1) is 7.14 Å². The number of ether oxygens (including phenoxy) is 2. The molecule has 2 heterocycles. The van der Waals surface area contributed by atoms with Crippen LogP contribution in [0.4, 0.5) is 0 Å². The van der Waals surface area contributed by atoms with E-state index in [1.54, 1.807) is 7.11 Å². The molecular weight excluding hydrogens is 782 g/mol. The summed E-state index contributed by atoms with van der Waals surface area (Å²) in [5.41, 5.74) is 7.70. The first kappa shape index (κ1) is 28.5. The maximum atomic E-state index is 14.2. The van der Waals surface area contributed by atoms with Crippen molar-refractivity contribution in [1.29, 1.82) is 0 Å². The van der Waals surface area contributed by atoms with Gasteiger partial charge in [0.05, 0.1) is 30.5 Å². The molecule has 4 aromatic carbocycles. The third-order valence-electron chi connectivity index (χ3n) is 7.83. The molecule has 0 amide bonds. The number of methoxy groups -OCH3 is 1. The second-order valence-electron chi connectivity index (χ2n) is 10.5. The summed E-state index contributed by atoms with van der Waals surface area (Å²) in [6.07, 6.45) is 3.75. The van der Waals surface area contributed by atoms with Crippen molar-refractivity contribution in [2.24, 2.45) is 4.99 Å². The third kappa shape index (κ3) is 5.49. The Labute approximate surface area is 280 Å². The second kappa shape index (κ2) is 12.0. The average Bonchev–Trinajstić information content (AvgIpc) is 3.33. The minimum Gasteiger partial charge on any atom is -0.497 e. The summed E-state index contributed by atoms with van der Waals surface area (Å²) in [6, 6.07) is 30.6. The number of aromatic nitrogens is 1. The van der Waals surface area contributed by atoms with E-state index in [9.17, 15) is 4.79 Å². The molecule has 0 fully saturated rings. The second-order valence-corrected chi connectivity index (χ2v) is 13.8. The van der Waals surface area contributed by atoms with Crippen LogP contribution in [0.1, 0.15) is 40.3 Å². The first-order valence-corrected chi connectivity index (χ1v) is 16.9. The number of aryl methyl sites for hydroxylation is 1. The summed E-state index contributed by atoms with van der Waals surface area (Å²) < 4.78 is 16.3. The lowest BCUT2D eigenvalue weighted by Crippen LogP contribution is -2.38. The zero-order valence-electron chi connectivity index (χ0n) is 23.2. The molecule has 214 valence electrons. The van der Waals surface area contributed by atoms with Gasteiger partial charge in [0.25, 0.3) is 5.56 Å². The van der Waals surface area contributed by atoms with Crippen molar-refractivity contribution in [3.8, 4) is 11.5 Å². The lowest BCUT2D eigenvalue weighted by atomic mass is 9.83. The maximum absolute atomic E-state index is 14.2. The molecule has 7 rings (SSSR count). The van der Waals surface area contributed by atoms with Crippen LogP contribution in [0.3, 0.4) is 0 Å². The van der Waals surface area contributed by atoms with Crippen molar-refractivity contribution in [2.45, 2.75) is 25.5 Å². The number of rotatable bonds is 6. The highest BCUT2D eigenvalue weighted by molar-refractivity contribution is 14.1. The van der Waals surface area contributed by atoms with Gasteiger partial charge in [0.15, 0.2) is 4.80 Å². The quantitative estimate of drug-likeness (QED) is 0.172. The van der Waals surface area contributed by atoms with Crippen LogP contribution in [-0.4, -0.2) is 11.7 Å². The van der Waals surface area contributed by atoms with E-state index in [2.05, 4.69) is 99.8 Å². The van der Waals surface area contributed by atoms with Gasteiger partial charge in [0, 0.05) is 5.56 Å². The summed E-state index contributed by atoms with van der Waals surface area (Å²) >= 11 is 6.08. The Morgan fingerprint density at radius 1 is 0.953 bits per heavy atom. The Balaban J connectivity index is 1.33.